The summed E-state index contributed by atoms with van der Waals surface area (Å²) in [5.41, 5.74) is 1.07. The zero-order chi connectivity index (χ0) is 21.4. The third-order valence-corrected chi connectivity index (χ3v) is 5.14. The maximum atomic E-state index is 12.2. The number of para-hydroxylation sites is 1. The molecule has 0 bridgehead atoms. The van der Waals surface area contributed by atoms with Crippen LogP contribution in [0.5, 0.6) is 5.75 Å². The zero-order valence-corrected chi connectivity index (χ0v) is 19.3. The van der Waals surface area contributed by atoms with Gasteiger partial charge in [-0.1, -0.05) is 64.6 Å². The number of carbonyl (C=O) groups is 1. The first-order chi connectivity index (χ1) is 13.7. The normalized spacial score (nSPS) is 11.7. The molecular formula is C22H34N4O2S. The van der Waals surface area contributed by atoms with Crippen molar-refractivity contribution in [1.82, 2.24) is 20.1 Å². The number of carbonyl (C=O) groups excluding carboxylic acids is 1. The Hall–Kier alpha value is -2.02. The molecule has 7 heteroatoms. The number of hydrogen-bond donors (Lipinski definition) is 1. The molecule has 0 atom stereocenters. The van der Waals surface area contributed by atoms with Crippen LogP contribution in [0.15, 0.2) is 29.4 Å². The van der Waals surface area contributed by atoms with Gasteiger partial charge in [0.1, 0.15) is 11.6 Å². The van der Waals surface area contributed by atoms with Crippen LogP contribution in [0.3, 0.4) is 0 Å². The molecule has 160 valence electrons. The average Bonchev–Trinajstić information content (AvgIpc) is 3.04. The van der Waals surface area contributed by atoms with Gasteiger partial charge < -0.3 is 14.6 Å². The summed E-state index contributed by atoms with van der Waals surface area (Å²) in [4.78, 5) is 12.2. The van der Waals surface area contributed by atoms with E-state index in [-0.39, 0.29) is 17.9 Å². The lowest BCUT2D eigenvalue weighted by molar-refractivity contribution is -0.123. The molecule has 29 heavy (non-hydrogen) atoms. The van der Waals surface area contributed by atoms with E-state index >= 15 is 0 Å². The van der Waals surface area contributed by atoms with Gasteiger partial charge in [0.2, 0.25) is 0 Å². The lowest BCUT2D eigenvalue weighted by Crippen LogP contribution is -2.30. The van der Waals surface area contributed by atoms with E-state index in [1.54, 1.807) is 11.8 Å². The Kier molecular flexibility index (Phi) is 8.56. The fourth-order valence-corrected chi connectivity index (χ4v) is 3.61. The van der Waals surface area contributed by atoms with Crippen molar-refractivity contribution in [3.05, 3.63) is 35.7 Å². The highest BCUT2D eigenvalue weighted by molar-refractivity contribution is 7.98. The largest absolute Gasteiger partial charge is 0.483 e. The number of benzene rings is 1. The van der Waals surface area contributed by atoms with Gasteiger partial charge in [0.05, 0.1) is 0 Å². The van der Waals surface area contributed by atoms with Gasteiger partial charge in [-0.15, -0.1) is 10.2 Å². The van der Waals surface area contributed by atoms with E-state index in [0.29, 0.717) is 12.5 Å². The maximum absolute atomic E-state index is 12.2. The third-order valence-electron chi connectivity index (χ3n) is 4.48. The fraction of sp³-hybridized carbons (Fsp3) is 0.591. The van der Waals surface area contributed by atoms with E-state index in [4.69, 9.17) is 4.74 Å². The van der Waals surface area contributed by atoms with Crippen molar-refractivity contribution in [2.75, 3.05) is 19.4 Å². The van der Waals surface area contributed by atoms with E-state index < -0.39 is 0 Å². The van der Waals surface area contributed by atoms with Gasteiger partial charge in [0.15, 0.2) is 11.8 Å². The minimum atomic E-state index is -0.109. The Morgan fingerprint density at radius 2 is 1.97 bits per heavy atom. The molecule has 1 aromatic heterocycles. The Morgan fingerprint density at radius 3 is 2.62 bits per heavy atom. The molecule has 6 nitrogen and oxygen atoms in total. The summed E-state index contributed by atoms with van der Waals surface area (Å²) in [7, 11) is 0. The van der Waals surface area contributed by atoms with Gasteiger partial charge in [0, 0.05) is 19.5 Å². The highest BCUT2D eigenvalue weighted by atomic mass is 32.2. The van der Waals surface area contributed by atoms with Crippen LogP contribution in [-0.2, 0) is 23.2 Å². The Morgan fingerprint density at radius 1 is 1.24 bits per heavy atom. The smallest absolute Gasteiger partial charge is 0.257 e. The first-order valence-corrected chi connectivity index (χ1v) is 11.4. The molecule has 0 spiro atoms. The van der Waals surface area contributed by atoms with Crippen molar-refractivity contribution in [1.29, 1.82) is 0 Å². The second-order valence-electron chi connectivity index (χ2n) is 8.60. The molecule has 0 aliphatic heterocycles. The van der Waals surface area contributed by atoms with Crippen LogP contribution < -0.4 is 10.1 Å². The second-order valence-corrected chi connectivity index (χ2v) is 9.37. The molecule has 0 aliphatic carbocycles. The second kappa shape index (κ2) is 10.7. The molecule has 1 heterocycles. The van der Waals surface area contributed by atoms with Crippen molar-refractivity contribution >= 4 is 17.7 Å². The number of rotatable bonds is 10. The van der Waals surface area contributed by atoms with Gasteiger partial charge in [-0.2, -0.15) is 0 Å². The number of aryl methyl sites for hydroxylation is 1. The van der Waals surface area contributed by atoms with E-state index in [0.717, 1.165) is 41.7 Å². The van der Waals surface area contributed by atoms with Gasteiger partial charge in [0.25, 0.3) is 5.91 Å². The summed E-state index contributed by atoms with van der Waals surface area (Å²) < 4.78 is 7.96. The summed E-state index contributed by atoms with van der Waals surface area (Å²) in [5, 5.41) is 12.5. The van der Waals surface area contributed by atoms with Crippen molar-refractivity contribution in [2.45, 2.75) is 64.6 Å². The number of amides is 1. The highest BCUT2D eigenvalue weighted by Crippen LogP contribution is 2.30. The van der Waals surface area contributed by atoms with Crippen LogP contribution in [-0.4, -0.2) is 40.1 Å². The molecule has 0 radical (unpaired) electrons. The lowest BCUT2D eigenvalue weighted by Gasteiger charge is -2.22. The van der Waals surface area contributed by atoms with Crippen LogP contribution in [0.2, 0.25) is 0 Å². The predicted molar refractivity (Wildman–Crippen MR) is 119 cm³/mol. The van der Waals surface area contributed by atoms with Gasteiger partial charge in [-0.3, -0.25) is 4.79 Å². The minimum Gasteiger partial charge on any atom is -0.483 e. The Bertz CT molecular complexity index is 796. The van der Waals surface area contributed by atoms with E-state index in [1.807, 2.05) is 30.5 Å². The van der Waals surface area contributed by atoms with Gasteiger partial charge >= 0.3 is 0 Å². The van der Waals surface area contributed by atoms with Crippen LogP contribution in [0.25, 0.3) is 0 Å². The predicted octanol–water partition coefficient (Wildman–Crippen LogP) is 4.08. The summed E-state index contributed by atoms with van der Waals surface area (Å²) in [5.74, 6) is 2.17. The topological polar surface area (TPSA) is 69.0 Å². The van der Waals surface area contributed by atoms with Crippen LogP contribution in [0.4, 0.5) is 0 Å². The van der Waals surface area contributed by atoms with Crippen LogP contribution >= 0.6 is 11.8 Å². The molecule has 1 aromatic carbocycles. The van der Waals surface area contributed by atoms with Crippen LogP contribution in [0.1, 0.15) is 52.4 Å². The Balaban J connectivity index is 1.80. The maximum Gasteiger partial charge on any atom is 0.257 e. The molecule has 0 aliphatic rings. The van der Waals surface area contributed by atoms with Gasteiger partial charge in [-0.25, -0.2) is 0 Å². The number of nitrogens with zero attached hydrogens (tertiary/aromatic N) is 3. The SMILES string of the molecule is CSc1nnc(CCCNC(=O)COc2ccccc2C(C)(C)C)n1CC(C)C. The molecule has 0 fully saturated rings. The molecule has 0 unspecified atom stereocenters. The van der Waals surface area contributed by atoms with Crippen molar-refractivity contribution in [2.24, 2.45) is 5.92 Å². The fourth-order valence-electron chi connectivity index (χ4n) is 3.08. The molecule has 0 saturated heterocycles. The third kappa shape index (κ3) is 7.07. The highest BCUT2D eigenvalue weighted by Gasteiger charge is 2.19. The monoisotopic (exact) mass is 418 g/mol. The summed E-state index contributed by atoms with van der Waals surface area (Å²) >= 11 is 1.61. The number of nitrogens with one attached hydrogen (secondary N) is 1. The number of ether oxygens (including phenoxy) is 1. The van der Waals surface area contributed by atoms with E-state index in [2.05, 4.69) is 54.7 Å². The van der Waals surface area contributed by atoms with E-state index in [9.17, 15) is 4.79 Å². The summed E-state index contributed by atoms with van der Waals surface area (Å²) in [6.45, 7) is 12.3. The van der Waals surface area contributed by atoms with Crippen LogP contribution in [0, 0.1) is 5.92 Å². The Labute approximate surface area is 178 Å². The quantitative estimate of drug-likeness (QED) is 0.465. The van der Waals surface area contributed by atoms with Crippen molar-refractivity contribution in [3.8, 4) is 5.75 Å². The summed E-state index contributed by atoms with van der Waals surface area (Å²) in [6.07, 6.45) is 3.62. The van der Waals surface area contributed by atoms with Crippen molar-refractivity contribution < 1.29 is 9.53 Å². The average molecular weight is 419 g/mol. The first kappa shape index (κ1) is 23.3. The first-order valence-electron chi connectivity index (χ1n) is 10.2. The molecule has 2 rings (SSSR count). The lowest BCUT2D eigenvalue weighted by atomic mass is 9.86. The number of hydrogen-bond acceptors (Lipinski definition) is 5. The van der Waals surface area contributed by atoms with Crippen molar-refractivity contribution in [3.63, 3.8) is 0 Å². The van der Waals surface area contributed by atoms with Gasteiger partial charge in [-0.05, 0) is 35.6 Å². The number of thioether (sulfide) groups is 1. The zero-order valence-electron chi connectivity index (χ0n) is 18.5. The minimum absolute atomic E-state index is 0.0211. The summed E-state index contributed by atoms with van der Waals surface area (Å²) in [6, 6.07) is 7.88. The molecular weight excluding hydrogens is 384 g/mol. The standard InChI is InChI=1S/C22H34N4O2S/c1-16(2)14-26-19(24-25-21(26)29-6)12-9-13-23-20(27)15-28-18-11-8-7-10-17(18)22(3,4)5/h7-8,10-11,16H,9,12-15H2,1-6H3,(H,23,27). The molecule has 1 amide bonds. The molecule has 1 N–H and O–H groups in total. The number of aromatic nitrogens is 3. The molecule has 0 saturated carbocycles. The van der Waals surface area contributed by atoms with E-state index in [1.165, 1.54) is 0 Å². The molecule has 2 aromatic rings.